The summed E-state index contributed by atoms with van der Waals surface area (Å²) in [5, 5.41) is 7.16. The summed E-state index contributed by atoms with van der Waals surface area (Å²) in [6.07, 6.45) is 3.46. The van der Waals surface area contributed by atoms with Crippen molar-refractivity contribution in [1.29, 1.82) is 0 Å². The van der Waals surface area contributed by atoms with Crippen molar-refractivity contribution < 1.29 is 9.53 Å². The molecule has 0 bridgehead atoms. The molecule has 0 saturated carbocycles. The Bertz CT molecular complexity index is 584. The zero-order valence-electron chi connectivity index (χ0n) is 11.2. The van der Waals surface area contributed by atoms with Crippen molar-refractivity contribution in [3.05, 3.63) is 41.7 Å². The highest BCUT2D eigenvalue weighted by Gasteiger charge is 2.07. The van der Waals surface area contributed by atoms with Crippen LogP contribution in [-0.2, 0) is 6.73 Å². The summed E-state index contributed by atoms with van der Waals surface area (Å²) in [5.74, 6) is 0.532. The number of carbonyl (C=O) groups is 1. The Labute approximate surface area is 121 Å². The van der Waals surface area contributed by atoms with Gasteiger partial charge in [-0.3, -0.25) is 0 Å². The maximum absolute atomic E-state index is 11.5. The molecule has 2 aromatic rings. The van der Waals surface area contributed by atoms with Crippen LogP contribution in [0.25, 0.3) is 0 Å². The summed E-state index contributed by atoms with van der Waals surface area (Å²) in [4.78, 5) is 13.0. The first-order valence-corrected chi connectivity index (χ1v) is 6.32. The highest BCUT2D eigenvalue weighted by molar-refractivity contribution is 6.32. The molecule has 0 saturated heterocycles. The minimum atomic E-state index is -0.216. The second kappa shape index (κ2) is 6.29. The van der Waals surface area contributed by atoms with Gasteiger partial charge < -0.3 is 15.0 Å². The highest BCUT2D eigenvalue weighted by atomic mass is 35.5. The van der Waals surface area contributed by atoms with E-state index in [0.29, 0.717) is 16.5 Å². The number of nitrogens with one attached hydrogen (secondary N) is 1. The number of benzene rings is 1. The fourth-order valence-corrected chi connectivity index (χ4v) is 1.68. The average molecular weight is 295 g/mol. The molecule has 1 N–H and O–H groups in total. The molecule has 1 aromatic carbocycles. The second-order valence-electron chi connectivity index (χ2n) is 4.29. The van der Waals surface area contributed by atoms with E-state index in [2.05, 4.69) is 10.4 Å². The van der Waals surface area contributed by atoms with Crippen LogP contribution in [0.5, 0.6) is 5.75 Å². The summed E-state index contributed by atoms with van der Waals surface area (Å²) in [7, 11) is 3.33. The van der Waals surface area contributed by atoms with Crippen LogP contribution in [0.15, 0.2) is 36.7 Å². The van der Waals surface area contributed by atoms with Crippen molar-refractivity contribution >= 4 is 23.3 Å². The third-order valence-corrected chi connectivity index (χ3v) is 2.80. The second-order valence-corrected chi connectivity index (χ2v) is 4.70. The first-order chi connectivity index (χ1) is 9.56. The average Bonchev–Trinajstić information content (AvgIpc) is 2.90. The normalized spacial score (nSPS) is 10.2. The first-order valence-electron chi connectivity index (χ1n) is 5.94. The molecule has 106 valence electrons. The van der Waals surface area contributed by atoms with E-state index in [1.807, 2.05) is 6.07 Å². The number of carbonyl (C=O) groups excluding carboxylic acids is 1. The van der Waals surface area contributed by atoms with Gasteiger partial charge in [0.1, 0.15) is 5.75 Å². The highest BCUT2D eigenvalue weighted by Crippen LogP contribution is 2.28. The minimum absolute atomic E-state index is 0.216. The van der Waals surface area contributed by atoms with Crippen molar-refractivity contribution in [3.8, 4) is 5.75 Å². The van der Waals surface area contributed by atoms with Crippen molar-refractivity contribution in [2.24, 2.45) is 0 Å². The molecule has 1 heterocycles. The van der Waals surface area contributed by atoms with Crippen LogP contribution in [0.4, 0.5) is 10.5 Å². The Morgan fingerprint density at radius 2 is 2.30 bits per heavy atom. The van der Waals surface area contributed by atoms with Gasteiger partial charge in [-0.2, -0.15) is 5.10 Å². The van der Waals surface area contributed by atoms with Crippen LogP contribution in [-0.4, -0.2) is 34.8 Å². The molecule has 0 unspecified atom stereocenters. The molecular formula is C13H15ClN4O2. The quantitative estimate of drug-likeness (QED) is 0.943. The monoisotopic (exact) mass is 294 g/mol. The van der Waals surface area contributed by atoms with Gasteiger partial charge in [0.15, 0.2) is 6.73 Å². The lowest BCUT2D eigenvalue weighted by atomic mass is 10.3. The number of aromatic nitrogens is 2. The van der Waals surface area contributed by atoms with E-state index in [0.717, 1.165) is 0 Å². The first kappa shape index (κ1) is 14.2. The van der Waals surface area contributed by atoms with E-state index < -0.39 is 0 Å². The van der Waals surface area contributed by atoms with Crippen molar-refractivity contribution in [1.82, 2.24) is 14.7 Å². The molecule has 6 nitrogen and oxygen atoms in total. The molecule has 0 spiro atoms. The number of halogens is 1. The third-order valence-electron chi connectivity index (χ3n) is 2.50. The number of urea groups is 1. The van der Waals surface area contributed by atoms with Crippen LogP contribution >= 0.6 is 11.6 Å². The van der Waals surface area contributed by atoms with E-state index in [-0.39, 0.29) is 12.8 Å². The Morgan fingerprint density at radius 1 is 1.50 bits per heavy atom. The Kier molecular flexibility index (Phi) is 4.47. The van der Waals surface area contributed by atoms with Gasteiger partial charge in [-0.05, 0) is 24.3 Å². The maximum Gasteiger partial charge on any atom is 0.321 e. The van der Waals surface area contributed by atoms with Gasteiger partial charge in [0, 0.05) is 32.2 Å². The number of hydrogen-bond acceptors (Lipinski definition) is 3. The molecule has 0 aliphatic heterocycles. The molecule has 1 aromatic heterocycles. The Balaban J connectivity index is 2.00. The fraction of sp³-hybridized carbons (Fsp3) is 0.231. The van der Waals surface area contributed by atoms with Crippen LogP contribution in [0.3, 0.4) is 0 Å². The molecule has 0 radical (unpaired) electrons. The number of ether oxygens (including phenoxy) is 1. The van der Waals surface area contributed by atoms with Gasteiger partial charge in [-0.25, -0.2) is 9.48 Å². The molecular weight excluding hydrogens is 280 g/mol. The fourth-order valence-electron chi connectivity index (χ4n) is 1.44. The largest absolute Gasteiger partial charge is 0.470 e. The maximum atomic E-state index is 11.5. The van der Waals surface area contributed by atoms with E-state index in [4.69, 9.17) is 16.3 Å². The number of amides is 2. The van der Waals surface area contributed by atoms with Gasteiger partial charge in [0.25, 0.3) is 0 Å². The Morgan fingerprint density at radius 3 is 2.90 bits per heavy atom. The smallest absolute Gasteiger partial charge is 0.321 e. The predicted octanol–water partition coefficient (Wildman–Crippen LogP) is 2.67. The van der Waals surface area contributed by atoms with E-state index in [1.54, 1.807) is 49.4 Å². The van der Waals surface area contributed by atoms with Crippen molar-refractivity contribution in [3.63, 3.8) is 0 Å². The lowest BCUT2D eigenvalue weighted by molar-refractivity contribution is 0.221. The van der Waals surface area contributed by atoms with Crippen molar-refractivity contribution in [2.45, 2.75) is 6.73 Å². The van der Waals surface area contributed by atoms with Gasteiger partial charge in [-0.1, -0.05) is 11.6 Å². The Hall–Kier alpha value is -2.21. The van der Waals surface area contributed by atoms with Gasteiger partial charge >= 0.3 is 6.03 Å². The van der Waals surface area contributed by atoms with Crippen LogP contribution in [0.2, 0.25) is 5.02 Å². The summed E-state index contributed by atoms with van der Waals surface area (Å²) >= 11 is 6.11. The zero-order valence-corrected chi connectivity index (χ0v) is 12.0. The number of nitrogens with zero attached hydrogens (tertiary/aromatic N) is 3. The van der Waals surface area contributed by atoms with Crippen molar-refractivity contribution in [2.75, 3.05) is 19.4 Å². The number of rotatable bonds is 4. The number of anilines is 1. The lowest BCUT2D eigenvalue weighted by Gasteiger charge is -2.13. The van der Waals surface area contributed by atoms with E-state index >= 15 is 0 Å². The van der Waals surface area contributed by atoms with Crippen LogP contribution < -0.4 is 10.1 Å². The number of hydrogen-bond donors (Lipinski definition) is 1. The minimum Gasteiger partial charge on any atom is -0.470 e. The predicted molar refractivity (Wildman–Crippen MR) is 77.0 cm³/mol. The summed E-state index contributed by atoms with van der Waals surface area (Å²) in [6.45, 7) is 0.274. The molecule has 20 heavy (non-hydrogen) atoms. The zero-order chi connectivity index (χ0) is 14.5. The molecule has 2 rings (SSSR count). The molecule has 0 atom stereocenters. The van der Waals surface area contributed by atoms with Gasteiger partial charge in [0.05, 0.1) is 5.02 Å². The van der Waals surface area contributed by atoms with Gasteiger partial charge in [-0.15, -0.1) is 0 Å². The summed E-state index contributed by atoms with van der Waals surface area (Å²) < 4.78 is 7.17. The third kappa shape index (κ3) is 3.64. The lowest BCUT2D eigenvalue weighted by Crippen LogP contribution is -2.27. The standard InChI is InChI=1S/C13H15ClN4O2/c1-17(2)13(19)16-10-4-5-12(11(14)8-10)20-9-18-7-3-6-15-18/h3-8H,9H2,1-2H3,(H,16,19). The summed E-state index contributed by atoms with van der Waals surface area (Å²) in [5.41, 5.74) is 0.611. The topological polar surface area (TPSA) is 59.4 Å². The van der Waals surface area contributed by atoms with E-state index in [1.165, 1.54) is 4.90 Å². The SMILES string of the molecule is CN(C)C(=O)Nc1ccc(OCn2cccn2)c(Cl)c1. The van der Waals surface area contributed by atoms with Crippen LogP contribution in [0.1, 0.15) is 0 Å². The van der Waals surface area contributed by atoms with Gasteiger partial charge in [0.2, 0.25) is 0 Å². The molecule has 0 fully saturated rings. The summed E-state index contributed by atoms with van der Waals surface area (Å²) in [6, 6.07) is 6.67. The van der Waals surface area contributed by atoms with E-state index in [9.17, 15) is 4.79 Å². The molecule has 2 amide bonds. The molecule has 7 heteroatoms. The molecule has 0 aliphatic carbocycles. The van der Waals surface area contributed by atoms with Crippen LogP contribution in [0, 0.1) is 0 Å². The molecule has 0 aliphatic rings.